The van der Waals surface area contributed by atoms with Crippen LogP contribution in [0.2, 0.25) is 15.6 Å². The zero-order valence-electron chi connectivity index (χ0n) is 16.1. The summed E-state index contributed by atoms with van der Waals surface area (Å²) in [5.74, 6) is 0. The topological polar surface area (TPSA) is 9.23 Å². The molecule has 2 fully saturated rings. The zero-order valence-corrected chi connectivity index (χ0v) is 17.1. The molecule has 0 bridgehead atoms. The van der Waals surface area contributed by atoms with Crippen molar-refractivity contribution in [2.45, 2.75) is 127 Å². The maximum Gasteiger partial charge on any atom is 0.206 e. The first-order valence-corrected chi connectivity index (χ1v) is 11.8. The molecule has 0 heterocycles. The van der Waals surface area contributed by atoms with Crippen LogP contribution in [0.3, 0.4) is 0 Å². The fraction of sp³-hybridized carbons (Fsp3) is 1.00. The molecule has 2 rings (SSSR count). The average molecular weight is 325 g/mol. The highest BCUT2D eigenvalue weighted by Crippen LogP contribution is 2.61. The summed E-state index contributed by atoms with van der Waals surface area (Å²) < 4.78 is 7.29. The van der Waals surface area contributed by atoms with Crippen molar-refractivity contribution in [2.24, 2.45) is 0 Å². The fourth-order valence-corrected chi connectivity index (χ4v) is 13.3. The first-order chi connectivity index (χ1) is 10.2. The van der Waals surface area contributed by atoms with Crippen molar-refractivity contribution >= 4 is 8.32 Å². The molecule has 130 valence electrons. The monoisotopic (exact) mass is 324 g/mol. The summed E-state index contributed by atoms with van der Waals surface area (Å²) >= 11 is 0. The van der Waals surface area contributed by atoms with Crippen molar-refractivity contribution in [1.29, 1.82) is 0 Å². The van der Waals surface area contributed by atoms with Crippen molar-refractivity contribution in [2.75, 3.05) is 0 Å². The van der Waals surface area contributed by atoms with E-state index in [1.807, 2.05) is 0 Å². The van der Waals surface area contributed by atoms with E-state index in [1.165, 1.54) is 64.2 Å². The van der Waals surface area contributed by atoms with Crippen LogP contribution in [0.25, 0.3) is 0 Å². The molecule has 0 aromatic carbocycles. The summed E-state index contributed by atoms with van der Waals surface area (Å²) in [6.07, 6.45) is 14.5. The van der Waals surface area contributed by atoms with Crippen molar-refractivity contribution in [3.63, 3.8) is 0 Å². The molecule has 0 unspecified atom stereocenters. The Morgan fingerprint density at radius 3 is 1.45 bits per heavy atom. The van der Waals surface area contributed by atoms with E-state index in [2.05, 4.69) is 41.5 Å². The standard InChI is InChI=1S/C20H40OSi/c1-19(2,3)22(20(4,5)6,18-15-11-8-12-16-18)21-17-13-9-7-10-14-17/h17-18H,7-16H2,1-6H3. The van der Waals surface area contributed by atoms with Crippen molar-refractivity contribution in [3.8, 4) is 0 Å². The van der Waals surface area contributed by atoms with Gasteiger partial charge in [0.15, 0.2) is 0 Å². The molecular weight excluding hydrogens is 284 g/mol. The van der Waals surface area contributed by atoms with Crippen LogP contribution in [-0.2, 0) is 4.43 Å². The van der Waals surface area contributed by atoms with Crippen LogP contribution in [0.4, 0.5) is 0 Å². The van der Waals surface area contributed by atoms with E-state index >= 15 is 0 Å². The van der Waals surface area contributed by atoms with Crippen LogP contribution in [-0.4, -0.2) is 14.4 Å². The summed E-state index contributed by atoms with van der Waals surface area (Å²) in [6.45, 7) is 14.9. The van der Waals surface area contributed by atoms with Gasteiger partial charge in [0.05, 0.1) is 0 Å². The van der Waals surface area contributed by atoms with Gasteiger partial charge in [0.2, 0.25) is 8.32 Å². The minimum Gasteiger partial charge on any atom is -0.413 e. The third-order valence-corrected chi connectivity index (χ3v) is 13.2. The van der Waals surface area contributed by atoms with Crippen LogP contribution < -0.4 is 0 Å². The molecule has 22 heavy (non-hydrogen) atoms. The first-order valence-electron chi connectivity index (χ1n) is 9.86. The molecule has 2 aliphatic rings. The predicted octanol–water partition coefficient (Wildman–Crippen LogP) is 7.22. The second-order valence-corrected chi connectivity index (χ2v) is 15.5. The molecule has 0 spiro atoms. The zero-order chi connectivity index (χ0) is 16.4. The lowest BCUT2D eigenvalue weighted by Crippen LogP contribution is -2.60. The van der Waals surface area contributed by atoms with Gasteiger partial charge >= 0.3 is 0 Å². The molecule has 2 heteroatoms. The number of hydrogen-bond donors (Lipinski definition) is 0. The Morgan fingerprint density at radius 1 is 0.636 bits per heavy atom. The van der Waals surface area contributed by atoms with Gasteiger partial charge in [0.1, 0.15) is 0 Å². The van der Waals surface area contributed by atoms with Gasteiger partial charge < -0.3 is 4.43 Å². The van der Waals surface area contributed by atoms with Gasteiger partial charge in [-0.15, -0.1) is 0 Å². The van der Waals surface area contributed by atoms with Gasteiger partial charge in [-0.1, -0.05) is 92.9 Å². The fourth-order valence-electron chi connectivity index (χ4n) is 5.75. The highest BCUT2D eigenvalue weighted by atomic mass is 28.4. The van der Waals surface area contributed by atoms with Crippen LogP contribution in [0.15, 0.2) is 0 Å². The molecule has 0 aliphatic heterocycles. The van der Waals surface area contributed by atoms with E-state index < -0.39 is 8.32 Å². The third-order valence-electron chi connectivity index (χ3n) is 6.31. The summed E-state index contributed by atoms with van der Waals surface area (Å²) in [5, 5.41) is 0.648. The molecule has 0 amide bonds. The Labute approximate surface area is 140 Å². The quantitative estimate of drug-likeness (QED) is 0.498. The molecule has 2 saturated carbocycles. The van der Waals surface area contributed by atoms with Crippen LogP contribution in [0.5, 0.6) is 0 Å². The Morgan fingerprint density at radius 2 is 1.05 bits per heavy atom. The van der Waals surface area contributed by atoms with Gasteiger partial charge in [-0.2, -0.15) is 0 Å². The Hall–Kier alpha value is 0.177. The SMILES string of the molecule is CC(C)(C)[Si](OC1CCCCC1)(C1CCCCC1)C(C)(C)C. The Kier molecular flexibility index (Phi) is 5.86. The van der Waals surface area contributed by atoms with Gasteiger partial charge in [0.25, 0.3) is 0 Å². The number of hydrogen-bond acceptors (Lipinski definition) is 1. The third kappa shape index (κ3) is 3.64. The summed E-state index contributed by atoms with van der Waals surface area (Å²) in [6, 6.07) is 0. The average Bonchev–Trinajstić information content (AvgIpc) is 2.44. The minimum absolute atomic E-state index is 0.324. The lowest BCUT2D eigenvalue weighted by Gasteiger charge is -2.57. The Bertz CT molecular complexity index is 324. The second kappa shape index (κ2) is 6.97. The van der Waals surface area contributed by atoms with Crippen LogP contribution >= 0.6 is 0 Å². The largest absolute Gasteiger partial charge is 0.413 e. The molecule has 0 aromatic heterocycles. The number of rotatable bonds is 3. The lowest BCUT2D eigenvalue weighted by molar-refractivity contribution is 0.115. The Balaban J connectivity index is 2.35. The molecule has 0 saturated heterocycles. The molecular formula is C20H40OSi. The van der Waals surface area contributed by atoms with Gasteiger partial charge in [-0.25, -0.2) is 0 Å². The van der Waals surface area contributed by atoms with Gasteiger partial charge in [-0.05, 0) is 28.5 Å². The minimum atomic E-state index is -1.89. The molecule has 1 nitrogen and oxygen atoms in total. The smallest absolute Gasteiger partial charge is 0.206 e. The van der Waals surface area contributed by atoms with E-state index in [9.17, 15) is 0 Å². The van der Waals surface area contributed by atoms with Crippen molar-refractivity contribution < 1.29 is 4.43 Å². The highest BCUT2D eigenvalue weighted by molar-refractivity contribution is 6.80. The summed E-state index contributed by atoms with van der Waals surface area (Å²) in [4.78, 5) is 0. The molecule has 0 N–H and O–H groups in total. The maximum atomic E-state index is 7.29. The van der Waals surface area contributed by atoms with Crippen LogP contribution in [0, 0.1) is 0 Å². The predicted molar refractivity (Wildman–Crippen MR) is 100.0 cm³/mol. The van der Waals surface area contributed by atoms with E-state index in [1.54, 1.807) is 0 Å². The first kappa shape index (κ1) is 18.5. The van der Waals surface area contributed by atoms with E-state index in [0.29, 0.717) is 16.2 Å². The van der Waals surface area contributed by atoms with E-state index in [4.69, 9.17) is 4.43 Å². The summed E-state index contributed by atoms with van der Waals surface area (Å²) in [5.41, 5.74) is 0.864. The van der Waals surface area contributed by atoms with E-state index in [0.717, 1.165) is 5.54 Å². The molecule has 0 atom stereocenters. The molecule has 0 radical (unpaired) electrons. The van der Waals surface area contributed by atoms with Crippen LogP contribution in [0.1, 0.15) is 106 Å². The summed E-state index contributed by atoms with van der Waals surface area (Å²) in [7, 11) is -1.89. The van der Waals surface area contributed by atoms with Crippen molar-refractivity contribution in [1.82, 2.24) is 0 Å². The highest BCUT2D eigenvalue weighted by Gasteiger charge is 2.60. The van der Waals surface area contributed by atoms with Gasteiger partial charge in [0, 0.05) is 6.10 Å². The van der Waals surface area contributed by atoms with E-state index in [-0.39, 0.29) is 0 Å². The van der Waals surface area contributed by atoms with Crippen molar-refractivity contribution in [3.05, 3.63) is 0 Å². The van der Waals surface area contributed by atoms with Gasteiger partial charge in [-0.3, -0.25) is 0 Å². The second-order valence-electron chi connectivity index (χ2n) is 9.95. The molecule has 2 aliphatic carbocycles. The maximum absolute atomic E-state index is 7.29. The lowest BCUT2D eigenvalue weighted by atomic mass is 9.98. The normalized spacial score (nSPS) is 23.7. The molecule has 0 aromatic rings.